The highest BCUT2D eigenvalue weighted by molar-refractivity contribution is 6.23. The molecular weight excluding hydrogens is 294 g/mol. The molecule has 122 valence electrons. The van der Waals surface area contributed by atoms with Gasteiger partial charge in [0, 0.05) is 6.07 Å². The maximum absolute atomic E-state index is 12.8. The predicted octanol–water partition coefficient (Wildman–Crippen LogP) is 2.94. The highest BCUT2D eigenvalue weighted by atomic mass is 16.5. The summed E-state index contributed by atoms with van der Waals surface area (Å²) in [5, 5.41) is 0. The summed E-state index contributed by atoms with van der Waals surface area (Å²) in [5.41, 5.74) is 2.93. The number of imide groups is 1. The first-order chi connectivity index (χ1) is 11.0. The van der Waals surface area contributed by atoms with Crippen LogP contribution < -0.4 is 14.4 Å². The standard InChI is InChI=1S/C18H21NO4/c1-10-7-13-14(8-11(10)2)18(21)19(17(13)20)15-6-5-12(22-3)9-16(15)23-4/h5-6,9,13-14H,7-8H2,1-4H3/t13-,14-/m1/s1. The van der Waals surface area contributed by atoms with Crippen molar-refractivity contribution in [2.45, 2.75) is 26.7 Å². The van der Waals surface area contributed by atoms with Crippen LogP contribution >= 0.6 is 0 Å². The van der Waals surface area contributed by atoms with E-state index in [0.717, 1.165) is 0 Å². The Morgan fingerprint density at radius 2 is 1.52 bits per heavy atom. The molecule has 0 N–H and O–H groups in total. The lowest BCUT2D eigenvalue weighted by Gasteiger charge is -2.23. The molecule has 2 aliphatic rings. The summed E-state index contributed by atoms with van der Waals surface area (Å²) in [6.45, 7) is 4.08. The molecule has 1 aliphatic heterocycles. The summed E-state index contributed by atoms with van der Waals surface area (Å²) in [6.07, 6.45) is 1.33. The van der Waals surface area contributed by atoms with Gasteiger partial charge in [0.2, 0.25) is 11.8 Å². The van der Waals surface area contributed by atoms with Gasteiger partial charge in [-0.15, -0.1) is 0 Å². The molecule has 2 amide bonds. The summed E-state index contributed by atoms with van der Waals surface area (Å²) in [4.78, 5) is 26.9. The van der Waals surface area contributed by atoms with Gasteiger partial charge in [0.05, 0.1) is 31.7 Å². The predicted molar refractivity (Wildman–Crippen MR) is 86.6 cm³/mol. The van der Waals surface area contributed by atoms with Gasteiger partial charge in [0.25, 0.3) is 0 Å². The van der Waals surface area contributed by atoms with Gasteiger partial charge in [0.1, 0.15) is 11.5 Å². The molecule has 0 radical (unpaired) electrons. The lowest BCUT2D eigenvalue weighted by molar-refractivity contribution is -0.122. The van der Waals surface area contributed by atoms with Crippen LogP contribution in [0.4, 0.5) is 5.69 Å². The smallest absolute Gasteiger partial charge is 0.238 e. The van der Waals surface area contributed by atoms with E-state index >= 15 is 0 Å². The fraction of sp³-hybridized carbons (Fsp3) is 0.444. The van der Waals surface area contributed by atoms with E-state index in [0.29, 0.717) is 30.0 Å². The van der Waals surface area contributed by atoms with Gasteiger partial charge in [0.15, 0.2) is 0 Å². The number of hydrogen-bond donors (Lipinski definition) is 0. The van der Waals surface area contributed by atoms with Crippen LogP contribution in [0.15, 0.2) is 29.3 Å². The zero-order chi connectivity index (χ0) is 16.7. The summed E-state index contributed by atoms with van der Waals surface area (Å²) >= 11 is 0. The van der Waals surface area contributed by atoms with Crippen LogP contribution in [-0.2, 0) is 9.59 Å². The minimum Gasteiger partial charge on any atom is -0.497 e. The van der Waals surface area contributed by atoms with Crippen molar-refractivity contribution in [2.24, 2.45) is 11.8 Å². The fourth-order valence-corrected chi connectivity index (χ4v) is 3.46. The molecule has 2 atom stereocenters. The number of anilines is 1. The van der Waals surface area contributed by atoms with Gasteiger partial charge in [-0.25, -0.2) is 4.90 Å². The van der Waals surface area contributed by atoms with Crippen LogP contribution in [0.1, 0.15) is 26.7 Å². The number of allylic oxidation sites excluding steroid dienone is 2. The second-order valence-corrected chi connectivity index (χ2v) is 6.23. The van der Waals surface area contributed by atoms with Crippen LogP contribution in [0.25, 0.3) is 0 Å². The third kappa shape index (κ3) is 2.40. The van der Waals surface area contributed by atoms with Gasteiger partial charge >= 0.3 is 0 Å². The molecule has 5 heteroatoms. The molecule has 0 aromatic heterocycles. The van der Waals surface area contributed by atoms with E-state index < -0.39 is 0 Å². The number of ether oxygens (including phenoxy) is 2. The molecule has 5 nitrogen and oxygen atoms in total. The zero-order valence-corrected chi connectivity index (χ0v) is 13.9. The fourth-order valence-electron chi connectivity index (χ4n) is 3.46. The van der Waals surface area contributed by atoms with E-state index in [4.69, 9.17) is 9.47 Å². The van der Waals surface area contributed by atoms with Crippen LogP contribution in [0.3, 0.4) is 0 Å². The highest BCUT2D eigenvalue weighted by Crippen LogP contribution is 2.44. The number of hydrogen-bond acceptors (Lipinski definition) is 4. The van der Waals surface area contributed by atoms with Gasteiger partial charge < -0.3 is 9.47 Å². The zero-order valence-electron chi connectivity index (χ0n) is 13.9. The van der Waals surface area contributed by atoms with Crippen molar-refractivity contribution in [2.75, 3.05) is 19.1 Å². The topological polar surface area (TPSA) is 55.8 Å². The molecule has 0 unspecified atom stereocenters. The number of nitrogens with zero attached hydrogens (tertiary/aromatic N) is 1. The summed E-state index contributed by atoms with van der Waals surface area (Å²) in [7, 11) is 3.08. The lowest BCUT2D eigenvalue weighted by atomic mass is 9.78. The van der Waals surface area contributed by atoms with Crippen LogP contribution in [-0.4, -0.2) is 26.0 Å². The van der Waals surface area contributed by atoms with E-state index in [1.165, 1.54) is 23.2 Å². The second-order valence-electron chi connectivity index (χ2n) is 6.23. The third-order valence-electron chi connectivity index (χ3n) is 4.97. The number of fused-ring (bicyclic) bond motifs is 1. The van der Waals surface area contributed by atoms with Crippen molar-refractivity contribution in [1.82, 2.24) is 0 Å². The minimum absolute atomic E-state index is 0.129. The number of amides is 2. The average Bonchev–Trinajstić information content (AvgIpc) is 2.78. The maximum atomic E-state index is 12.8. The largest absolute Gasteiger partial charge is 0.497 e. The molecule has 0 bridgehead atoms. The Hall–Kier alpha value is -2.30. The Morgan fingerprint density at radius 1 is 0.957 bits per heavy atom. The molecular formula is C18H21NO4. The Kier molecular flexibility index (Phi) is 3.88. The molecule has 1 fully saturated rings. The van der Waals surface area contributed by atoms with E-state index in [2.05, 4.69) is 0 Å². The minimum atomic E-state index is -0.252. The number of carbonyl (C=O) groups excluding carboxylic acids is 2. The molecule has 0 spiro atoms. The van der Waals surface area contributed by atoms with Gasteiger partial charge in [-0.1, -0.05) is 11.1 Å². The first kappa shape index (κ1) is 15.6. The SMILES string of the molecule is COc1ccc(N2C(=O)[C@@H]3CC(C)=C(C)C[C@H]3C2=O)c(OC)c1. The van der Waals surface area contributed by atoms with Crippen molar-refractivity contribution < 1.29 is 19.1 Å². The summed E-state index contributed by atoms with van der Waals surface area (Å²) in [5.74, 6) is 0.322. The van der Waals surface area contributed by atoms with Gasteiger partial charge in [-0.05, 0) is 38.8 Å². The average molecular weight is 315 g/mol. The second kappa shape index (κ2) is 5.72. The van der Waals surface area contributed by atoms with Crippen molar-refractivity contribution in [3.05, 3.63) is 29.3 Å². The van der Waals surface area contributed by atoms with Crippen molar-refractivity contribution in [3.8, 4) is 11.5 Å². The van der Waals surface area contributed by atoms with Gasteiger partial charge in [-0.3, -0.25) is 9.59 Å². The van der Waals surface area contributed by atoms with E-state index in [1.54, 1.807) is 25.3 Å². The molecule has 1 aromatic carbocycles. The lowest BCUT2D eigenvalue weighted by Crippen LogP contribution is -2.31. The van der Waals surface area contributed by atoms with Crippen LogP contribution in [0.5, 0.6) is 11.5 Å². The van der Waals surface area contributed by atoms with Gasteiger partial charge in [-0.2, -0.15) is 0 Å². The Morgan fingerprint density at radius 3 is 2.00 bits per heavy atom. The first-order valence-electron chi connectivity index (χ1n) is 7.73. The third-order valence-corrected chi connectivity index (χ3v) is 4.97. The normalized spacial score (nSPS) is 24.1. The van der Waals surface area contributed by atoms with E-state index in [-0.39, 0.29) is 23.7 Å². The van der Waals surface area contributed by atoms with E-state index in [9.17, 15) is 9.59 Å². The molecule has 1 saturated heterocycles. The first-order valence-corrected chi connectivity index (χ1v) is 7.73. The monoisotopic (exact) mass is 315 g/mol. The Balaban J connectivity index is 2.00. The van der Waals surface area contributed by atoms with Crippen molar-refractivity contribution >= 4 is 17.5 Å². The molecule has 1 aromatic rings. The molecule has 3 rings (SSSR count). The van der Waals surface area contributed by atoms with Crippen molar-refractivity contribution in [3.63, 3.8) is 0 Å². The number of methoxy groups -OCH3 is 2. The molecule has 0 saturated carbocycles. The summed E-state index contributed by atoms with van der Waals surface area (Å²) < 4.78 is 10.5. The Bertz CT molecular complexity index is 675. The van der Waals surface area contributed by atoms with Crippen molar-refractivity contribution in [1.29, 1.82) is 0 Å². The summed E-state index contributed by atoms with van der Waals surface area (Å²) in [6, 6.07) is 5.12. The van der Waals surface area contributed by atoms with Crippen LogP contribution in [0.2, 0.25) is 0 Å². The maximum Gasteiger partial charge on any atom is 0.238 e. The molecule has 1 heterocycles. The molecule has 1 aliphatic carbocycles. The molecule has 23 heavy (non-hydrogen) atoms. The number of benzene rings is 1. The number of carbonyl (C=O) groups is 2. The van der Waals surface area contributed by atoms with Crippen LogP contribution in [0, 0.1) is 11.8 Å². The highest BCUT2D eigenvalue weighted by Gasteiger charge is 2.50. The Labute approximate surface area is 135 Å². The quantitative estimate of drug-likeness (QED) is 0.636. The number of rotatable bonds is 3. The van der Waals surface area contributed by atoms with E-state index in [1.807, 2.05) is 13.8 Å².